The van der Waals surface area contributed by atoms with Gasteiger partial charge in [0.2, 0.25) is 0 Å². The zero-order valence-electron chi connectivity index (χ0n) is 27.6. The normalized spacial score (nSPS) is 13.4. The van der Waals surface area contributed by atoms with Crippen LogP contribution in [-0.2, 0) is 6.54 Å². The van der Waals surface area contributed by atoms with Gasteiger partial charge in [0.25, 0.3) is 5.91 Å². The number of carbonyl (C=O) groups is 2. The first-order valence-electron chi connectivity index (χ1n) is 16.5. The van der Waals surface area contributed by atoms with Crippen LogP contribution >= 0.6 is 0 Å². The van der Waals surface area contributed by atoms with Crippen molar-refractivity contribution in [3.8, 4) is 34.1 Å². The molecule has 1 saturated heterocycles. The Balaban J connectivity index is 0.00000205. The molecule has 0 unspecified atom stereocenters. The van der Waals surface area contributed by atoms with Crippen molar-refractivity contribution in [2.75, 3.05) is 18.8 Å². The molecule has 49 heavy (non-hydrogen) atoms. The second kappa shape index (κ2) is 14.9. The number of likely N-dealkylation sites (tertiary alicyclic amines) is 1. The molecule has 3 aromatic carbocycles. The fraction of sp³-hybridized carbons (Fsp3) is 0.205. The lowest BCUT2D eigenvalue weighted by Crippen LogP contribution is -2.44. The number of carbonyl (C=O) groups excluding carboxylic acids is 2. The largest absolute Gasteiger partial charge is 0.506 e. The van der Waals surface area contributed by atoms with Crippen molar-refractivity contribution in [2.24, 2.45) is 0 Å². The van der Waals surface area contributed by atoms with Gasteiger partial charge in [-0.2, -0.15) is 0 Å². The summed E-state index contributed by atoms with van der Waals surface area (Å²) in [5, 5.41) is 13.3. The maximum absolute atomic E-state index is 12.8. The highest BCUT2D eigenvalue weighted by Crippen LogP contribution is 2.32. The second-order valence-corrected chi connectivity index (χ2v) is 11.7. The standard InChI is InChI=1S/C37H33N7O3.C2H6/c38-34-30(10-5-19-39-34)35-42-32-16-15-31(25-6-2-1-3-7-25)41-36(32)44(35)28-13-11-24(12-14-28)22-43-20-17-27(18-21-43)40-37(47)29-9-4-8-26(23-45)33(29)46;1-2/h1-16,19,23,27,46H,17-18,20-22H2,(H2,38,39)(H,40,47);1-2H3. The van der Waals surface area contributed by atoms with E-state index >= 15 is 0 Å². The molecule has 3 aromatic heterocycles. The summed E-state index contributed by atoms with van der Waals surface area (Å²) in [7, 11) is 0. The predicted octanol–water partition coefficient (Wildman–Crippen LogP) is 6.67. The van der Waals surface area contributed by atoms with Crippen LogP contribution in [0.2, 0.25) is 0 Å². The molecule has 4 heterocycles. The van der Waals surface area contributed by atoms with Gasteiger partial charge in [0.05, 0.1) is 22.4 Å². The topological polar surface area (TPSA) is 139 Å². The number of imidazole rings is 1. The van der Waals surface area contributed by atoms with Crippen molar-refractivity contribution in [1.82, 2.24) is 29.7 Å². The van der Waals surface area contributed by atoms with Crippen LogP contribution in [0.1, 0.15) is 53.0 Å². The van der Waals surface area contributed by atoms with Crippen LogP contribution in [0.3, 0.4) is 0 Å². The molecule has 7 rings (SSSR count). The van der Waals surface area contributed by atoms with E-state index in [1.54, 1.807) is 12.3 Å². The van der Waals surface area contributed by atoms with Crippen molar-refractivity contribution in [1.29, 1.82) is 0 Å². The molecular formula is C39H39N7O3. The van der Waals surface area contributed by atoms with E-state index in [1.165, 1.54) is 12.1 Å². The number of para-hydroxylation sites is 1. The number of hydrogen-bond acceptors (Lipinski definition) is 8. The van der Waals surface area contributed by atoms with E-state index in [2.05, 4.69) is 39.5 Å². The van der Waals surface area contributed by atoms with Gasteiger partial charge in [0, 0.05) is 43.1 Å². The molecule has 10 nitrogen and oxygen atoms in total. The third-order valence-electron chi connectivity index (χ3n) is 8.62. The number of pyridine rings is 2. The molecule has 1 fully saturated rings. The van der Waals surface area contributed by atoms with E-state index < -0.39 is 0 Å². The number of aldehydes is 1. The Morgan fingerprint density at radius 3 is 2.39 bits per heavy atom. The van der Waals surface area contributed by atoms with Gasteiger partial charge in [-0.1, -0.05) is 62.4 Å². The van der Waals surface area contributed by atoms with Crippen LogP contribution in [-0.4, -0.2) is 60.9 Å². The molecule has 0 radical (unpaired) electrons. The van der Waals surface area contributed by atoms with Gasteiger partial charge in [-0.3, -0.25) is 19.1 Å². The number of nitrogens with zero attached hydrogens (tertiary/aromatic N) is 5. The smallest absolute Gasteiger partial charge is 0.255 e. The second-order valence-electron chi connectivity index (χ2n) is 11.7. The number of rotatable bonds is 8. The van der Waals surface area contributed by atoms with E-state index in [4.69, 9.17) is 15.7 Å². The molecule has 0 bridgehead atoms. The highest BCUT2D eigenvalue weighted by atomic mass is 16.3. The molecule has 0 saturated carbocycles. The average Bonchev–Trinajstić information content (AvgIpc) is 3.53. The molecule has 10 heteroatoms. The molecule has 0 spiro atoms. The zero-order valence-corrected chi connectivity index (χ0v) is 27.6. The monoisotopic (exact) mass is 653 g/mol. The first-order valence-corrected chi connectivity index (χ1v) is 16.5. The van der Waals surface area contributed by atoms with Crippen molar-refractivity contribution in [3.63, 3.8) is 0 Å². The predicted molar refractivity (Wildman–Crippen MR) is 193 cm³/mol. The number of aromatic nitrogens is 4. The summed E-state index contributed by atoms with van der Waals surface area (Å²) in [6, 6.07) is 30.8. The Bertz CT molecular complexity index is 2070. The molecule has 1 aliphatic heterocycles. The fourth-order valence-corrected chi connectivity index (χ4v) is 6.11. The van der Waals surface area contributed by atoms with Crippen molar-refractivity contribution in [3.05, 3.63) is 120 Å². The maximum atomic E-state index is 12.8. The summed E-state index contributed by atoms with van der Waals surface area (Å²) in [4.78, 5) is 40.6. The number of anilines is 1. The van der Waals surface area contributed by atoms with Gasteiger partial charge in [0.1, 0.15) is 17.1 Å². The molecule has 4 N–H and O–H groups in total. The summed E-state index contributed by atoms with van der Waals surface area (Å²) < 4.78 is 2.04. The van der Waals surface area contributed by atoms with E-state index in [9.17, 15) is 14.7 Å². The van der Waals surface area contributed by atoms with Crippen LogP contribution in [0.4, 0.5) is 5.82 Å². The number of phenols is 1. The van der Waals surface area contributed by atoms with Crippen LogP contribution in [0, 0.1) is 0 Å². The number of nitrogen functional groups attached to an aromatic ring is 1. The number of nitrogens with two attached hydrogens (primary N) is 1. The lowest BCUT2D eigenvalue weighted by Gasteiger charge is -2.32. The fourth-order valence-electron chi connectivity index (χ4n) is 6.11. The minimum atomic E-state index is -0.370. The molecule has 6 aromatic rings. The highest BCUT2D eigenvalue weighted by Gasteiger charge is 2.23. The first kappa shape index (κ1) is 33.0. The van der Waals surface area contributed by atoms with Crippen LogP contribution in [0.25, 0.3) is 39.5 Å². The van der Waals surface area contributed by atoms with E-state index in [1.807, 2.05) is 73.0 Å². The van der Waals surface area contributed by atoms with E-state index in [0.717, 1.165) is 71.7 Å². The quantitative estimate of drug-likeness (QED) is 0.155. The Kier molecular flexibility index (Phi) is 10.1. The average molecular weight is 654 g/mol. The summed E-state index contributed by atoms with van der Waals surface area (Å²) in [5.74, 6) is 0.416. The first-order chi connectivity index (χ1) is 24.0. The van der Waals surface area contributed by atoms with Crippen molar-refractivity contribution < 1.29 is 14.7 Å². The van der Waals surface area contributed by atoms with Gasteiger partial charge in [-0.15, -0.1) is 0 Å². The molecule has 1 aliphatic rings. The number of piperidine rings is 1. The van der Waals surface area contributed by atoms with Gasteiger partial charge >= 0.3 is 0 Å². The van der Waals surface area contributed by atoms with Crippen molar-refractivity contribution in [2.45, 2.75) is 39.3 Å². The number of amides is 1. The minimum absolute atomic E-state index is 0.0125. The Morgan fingerprint density at radius 1 is 0.918 bits per heavy atom. The third kappa shape index (κ3) is 7.05. The van der Waals surface area contributed by atoms with Crippen molar-refractivity contribution >= 4 is 29.2 Å². The number of phenolic OH excluding ortho intramolecular Hbond substituents is 1. The highest BCUT2D eigenvalue weighted by molar-refractivity contribution is 5.99. The number of nitrogens with one attached hydrogen (secondary N) is 1. The number of benzene rings is 3. The molecule has 1 amide bonds. The lowest BCUT2D eigenvalue weighted by molar-refractivity contribution is 0.0906. The minimum Gasteiger partial charge on any atom is -0.506 e. The summed E-state index contributed by atoms with van der Waals surface area (Å²) in [6.45, 7) is 6.40. The van der Waals surface area contributed by atoms with E-state index in [0.29, 0.717) is 17.9 Å². The number of aromatic hydroxyl groups is 1. The molecular weight excluding hydrogens is 614 g/mol. The van der Waals surface area contributed by atoms with E-state index in [-0.39, 0.29) is 28.8 Å². The van der Waals surface area contributed by atoms with Gasteiger partial charge in [0.15, 0.2) is 17.8 Å². The Labute approximate surface area is 285 Å². The number of fused-ring (bicyclic) bond motifs is 1. The molecule has 0 aliphatic carbocycles. The SMILES string of the molecule is CC.Nc1ncccc1-c1nc2ccc(-c3ccccc3)nc2n1-c1ccc(CN2CCC(NC(=O)c3cccc(C=O)c3O)CC2)cc1. The maximum Gasteiger partial charge on any atom is 0.255 e. The van der Waals surface area contributed by atoms with Crippen LogP contribution < -0.4 is 11.1 Å². The summed E-state index contributed by atoms with van der Waals surface area (Å²) in [5.41, 5.74) is 12.7. The van der Waals surface area contributed by atoms with Gasteiger partial charge < -0.3 is 16.2 Å². The summed E-state index contributed by atoms with van der Waals surface area (Å²) >= 11 is 0. The summed E-state index contributed by atoms with van der Waals surface area (Å²) in [6.07, 6.45) is 3.78. The lowest BCUT2D eigenvalue weighted by atomic mass is 10.0. The zero-order chi connectivity index (χ0) is 34.3. The third-order valence-corrected chi connectivity index (χ3v) is 8.62. The Morgan fingerprint density at radius 2 is 1.67 bits per heavy atom. The molecule has 0 atom stereocenters. The van der Waals surface area contributed by atoms with Crippen LogP contribution in [0.15, 0.2) is 103 Å². The van der Waals surface area contributed by atoms with Gasteiger partial charge in [-0.25, -0.2) is 15.0 Å². The van der Waals surface area contributed by atoms with Crippen LogP contribution in [0.5, 0.6) is 5.75 Å². The Hall–Kier alpha value is -5.87. The van der Waals surface area contributed by atoms with Gasteiger partial charge in [-0.05, 0) is 66.9 Å². The number of hydrogen-bond donors (Lipinski definition) is 3. The molecule has 248 valence electrons.